The molecule has 0 bridgehead atoms. The fourth-order valence-electron chi connectivity index (χ4n) is 2.66. The van der Waals surface area contributed by atoms with Crippen molar-refractivity contribution in [1.29, 1.82) is 0 Å². The molecule has 2 unspecified atom stereocenters. The molecule has 4 heteroatoms. The monoisotopic (exact) mass is 251 g/mol. The second-order valence-corrected chi connectivity index (χ2v) is 5.56. The summed E-state index contributed by atoms with van der Waals surface area (Å²) in [6.07, 6.45) is 5.15. The van der Waals surface area contributed by atoms with E-state index in [1.54, 1.807) is 0 Å². The first-order valence-corrected chi connectivity index (χ1v) is 6.99. The largest absolute Gasteiger partial charge is 0.447 e. The number of likely N-dealkylation sites (tertiary alicyclic amines) is 1. The van der Waals surface area contributed by atoms with Crippen molar-refractivity contribution < 1.29 is 4.42 Å². The van der Waals surface area contributed by atoms with Crippen molar-refractivity contribution >= 4 is 0 Å². The van der Waals surface area contributed by atoms with Crippen LogP contribution in [0.2, 0.25) is 0 Å². The van der Waals surface area contributed by atoms with E-state index in [1.165, 1.54) is 12.8 Å². The lowest BCUT2D eigenvalue weighted by atomic mass is 10.2. The topological polar surface area (TPSA) is 41.3 Å². The number of aromatic nitrogens is 1. The highest BCUT2D eigenvalue weighted by molar-refractivity contribution is 5.04. The van der Waals surface area contributed by atoms with Crippen LogP contribution in [0.1, 0.15) is 51.2 Å². The van der Waals surface area contributed by atoms with Gasteiger partial charge in [-0.1, -0.05) is 0 Å². The van der Waals surface area contributed by atoms with Gasteiger partial charge < -0.3 is 9.73 Å². The van der Waals surface area contributed by atoms with Crippen LogP contribution in [-0.4, -0.2) is 35.6 Å². The molecule has 1 N–H and O–H groups in total. The first-order chi connectivity index (χ1) is 8.61. The molecular weight excluding hydrogens is 226 g/mol. The Labute approximate surface area is 110 Å². The number of oxazole rings is 1. The molecule has 2 heterocycles. The van der Waals surface area contributed by atoms with Crippen molar-refractivity contribution in [3.05, 3.63) is 17.8 Å². The lowest BCUT2D eigenvalue weighted by Gasteiger charge is -2.25. The van der Waals surface area contributed by atoms with Crippen molar-refractivity contribution in [3.63, 3.8) is 0 Å². The third kappa shape index (κ3) is 2.93. The van der Waals surface area contributed by atoms with Gasteiger partial charge in [0.2, 0.25) is 5.89 Å². The molecule has 1 saturated heterocycles. The molecule has 4 nitrogen and oxygen atoms in total. The van der Waals surface area contributed by atoms with E-state index in [4.69, 9.17) is 4.42 Å². The van der Waals surface area contributed by atoms with Crippen LogP contribution < -0.4 is 5.32 Å². The van der Waals surface area contributed by atoms with Gasteiger partial charge in [0.15, 0.2) is 0 Å². The number of nitrogens with zero attached hydrogens (tertiary/aromatic N) is 2. The average Bonchev–Trinajstić information content (AvgIpc) is 2.95. The minimum absolute atomic E-state index is 0.378. The fraction of sp³-hybridized carbons (Fsp3) is 0.786. The zero-order valence-electron chi connectivity index (χ0n) is 11.9. The number of likely N-dealkylation sites (N-methyl/N-ethyl adjacent to an activating group) is 1. The van der Waals surface area contributed by atoms with Gasteiger partial charge in [0.25, 0.3) is 0 Å². The van der Waals surface area contributed by atoms with Crippen molar-refractivity contribution in [2.45, 2.75) is 58.2 Å². The summed E-state index contributed by atoms with van der Waals surface area (Å²) < 4.78 is 5.69. The van der Waals surface area contributed by atoms with E-state index in [1.807, 2.05) is 13.3 Å². The molecule has 1 aliphatic heterocycles. The lowest BCUT2D eigenvalue weighted by Crippen LogP contribution is -2.30. The van der Waals surface area contributed by atoms with Crippen LogP contribution in [-0.2, 0) is 6.42 Å². The van der Waals surface area contributed by atoms with Crippen LogP contribution >= 0.6 is 0 Å². The highest BCUT2D eigenvalue weighted by Crippen LogP contribution is 2.32. The van der Waals surface area contributed by atoms with E-state index in [0.29, 0.717) is 18.1 Å². The third-order valence-corrected chi connectivity index (χ3v) is 3.82. The minimum Gasteiger partial charge on any atom is -0.447 e. The van der Waals surface area contributed by atoms with E-state index in [9.17, 15) is 0 Å². The number of hydrogen-bond acceptors (Lipinski definition) is 4. The van der Waals surface area contributed by atoms with Crippen LogP contribution in [0, 0.1) is 0 Å². The molecule has 0 amide bonds. The molecule has 1 fully saturated rings. The molecule has 1 aliphatic rings. The van der Waals surface area contributed by atoms with Crippen LogP contribution in [0.3, 0.4) is 0 Å². The maximum Gasteiger partial charge on any atom is 0.211 e. The third-order valence-electron chi connectivity index (χ3n) is 3.82. The summed E-state index contributed by atoms with van der Waals surface area (Å²) in [4.78, 5) is 7.15. The second kappa shape index (κ2) is 5.85. The van der Waals surface area contributed by atoms with Crippen molar-refractivity contribution in [3.8, 4) is 0 Å². The Kier molecular flexibility index (Phi) is 4.40. The molecular formula is C14H25N3O. The van der Waals surface area contributed by atoms with Crippen molar-refractivity contribution in [2.24, 2.45) is 0 Å². The zero-order chi connectivity index (χ0) is 13.1. The molecule has 2 rings (SSSR count). The quantitative estimate of drug-likeness (QED) is 0.872. The van der Waals surface area contributed by atoms with Gasteiger partial charge in [0.1, 0.15) is 6.26 Å². The van der Waals surface area contributed by atoms with Crippen LogP contribution in [0.25, 0.3) is 0 Å². The molecule has 1 aromatic rings. The highest BCUT2D eigenvalue weighted by Gasteiger charge is 2.31. The molecule has 2 atom stereocenters. The van der Waals surface area contributed by atoms with Gasteiger partial charge in [-0.15, -0.1) is 0 Å². The maximum atomic E-state index is 5.69. The predicted octanol–water partition coefficient (Wildman–Crippen LogP) is 2.37. The summed E-state index contributed by atoms with van der Waals surface area (Å²) in [5.41, 5.74) is 1.06. The first kappa shape index (κ1) is 13.6. The van der Waals surface area contributed by atoms with Crippen molar-refractivity contribution in [2.75, 3.05) is 13.6 Å². The van der Waals surface area contributed by atoms with E-state index < -0.39 is 0 Å². The van der Waals surface area contributed by atoms with Crippen molar-refractivity contribution in [1.82, 2.24) is 15.2 Å². The Morgan fingerprint density at radius 3 is 2.94 bits per heavy atom. The molecule has 0 radical (unpaired) electrons. The predicted molar refractivity (Wildman–Crippen MR) is 72.5 cm³/mol. The minimum atomic E-state index is 0.378. The Bertz CT molecular complexity index is 375. The number of nitrogens with one attached hydrogen (secondary N) is 1. The lowest BCUT2D eigenvalue weighted by molar-refractivity contribution is 0.179. The molecule has 1 aromatic heterocycles. The summed E-state index contributed by atoms with van der Waals surface area (Å²) >= 11 is 0. The van der Waals surface area contributed by atoms with Gasteiger partial charge in [-0.2, -0.15) is 0 Å². The summed E-state index contributed by atoms with van der Waals surface area (Å²) in [5.74, 6) is 0.902. The molecule has 0 aromatic carbocycles. The Morgan fingerprint density at radius 1 is 1.50 bits per heavy atom. The van der Waals surface area contributed by atoms with Crippen LogP contribution in [0.5, 0.6) is 0 Å². The smallest absolute Gasteiger partial charge is 0.211 e. The summed E-state index contributed by atoms with van der Waals surface area (Å²) in [6.45, 7) is 7.80. The van der Waals surface area contributed by atoms with Crippen LogP contribution in [0.15, 0.2) is 10.7 Å². The maximum absolute atomic E-state index is 5.69. The summed E-state index contributed by atoms with van der Waals surface area (Å²) in [7, 11) is 1.98. The number of hydrogen-bond donors (Lipinski definition) is 1. The summed E-state index contributed by atoms with van der Waals surface area (Å²) in [6, 6.07) is 1.38. The van der Waals surface area contributed by atoms with Gasteiger partial charge in [-0.05, 0) is 47.2 Å². The Morgan fingerprint density at radius 2 is 2.28 bits per heavy atom. The van der Waals surface area contributed by atoms with E-state index in [-0.39, 0.29) is 0 Å². The molecule has 0 saturated carbocycles. The standard InChI is InChI=1S/C14H25N3O/c1-10(2)17-7-5-6-13(17)14-16-12(9-18-14)8-11(3)15-4/h9-11,13,15H,5-8H2,1-4H3. The van der Waals surface area contributed by atoms with Gasteiger partial charge in [-0.3, -0.25) is 4.90 Å². The Hall–Kier alpha value is -0.870. The Balaban J connectivity index is 2.05. The van der Waals surface area contributed by atoms with E-state index >= 15 is 0 Å². The van der Waals surface area contributed by atoms with Gasteiger partial charge in [0.05, 0.1) is 11.7 Å². The van der Waals surface area contributed by atoms with Crippen LogP contribution in [0.4, 0.5) is 0 Å². The molecule has 0 spiro atoms. The average molecular weight is 251 g/mol. The molecule has 102 valence electrons. The zero-order valence-corrected chi connectivity index (χ0v) is 11.9. The first-order valence-electron chi connectivity index (χ1n) is 6.99. The molecule has 18 heavy (non-hydrogen) atoms. The van der Waals surface area contributed by atoms with Gasteiger partial charge in [-0.25, -0.2) is 4.98 Å². The molecule has 0 aliphatic carbocycles. The normalized spacial score (nSPS) is 22.8. The summed E-state index contributed by atoms with van der Waals surface area (Å²) in [5, 5.41) is 3.23. The van der Waals surface area contributed by atoms with Gasteiger partial charge in [0, 0.05) is 18.5 Å². The second-order valence-electron chi connectivity index (χ2n) is 5.56. The van der Waals surface area contributed by atoms with E-state index in [2.05, 4.69) is 36.0 Å². The highest BCUT2D eigenvalue weighted by atomic mass is 16.3. The number of rotatable bonds is 5. The fourth-order valence-corrected chi connectivity index (χ4v) is 2.66. The van der Waals surface area contributed by atoms with Gasteiger partial charge >= 0.3 is 0 Å². The SMILES string of the molecule is CNC(C)Cc1coc(C2CCCN2C(C)C)n1. The van der Waals surface area contributed by atoms with E-state index in [0.717, 1.165) is 24.6 Å².